The standard InChI is InChI=1S/C19H36OSi/c1-8-10-11-14-19(15-12-13-17(9-2)16-19)20-21(6,7)18(3,4)5/h8-9,17H,1-2,10-16H2,3-7H3/t17?,19-/m0/s1. The molecule has 2 atom stereocenters. The smallest absolute Gasteiger partial charge is 0.192 e. The predicted molar refractivity (Wildman–Crippen MR) is 97.2 cm³/mol. The predicted octanol–water partition coefficient (Wildman–Crippen LogP) is 6.48. The summed E-state index contributed by atoms with van der Waals surface area (Å²) in [6.07, 6.45) is 12.6. The third-order valence-electron chi connectivity index (χ3n) is 5.49. The maximum Gasteiger partial charge on any atom is 0.192 e. The lowest BCUT2D eigenvalue weighted by molar-refractivity contribution is -0.00479. The molecule has 1 aliphatic carbocycles. The van der Waals surface area contributed by atoms with E-state index in [0.717, 1.165) is 6.42 Å². The lowest BCUT2D eigenvalue weighted by atomic mass is 9.76. The second-order valence-electron chi connectivity index (χ2n) is 8.32. The van der Waals surface area contributed by atoms with Gasteiger partial charge in [-0.25, -0.2) is 0 Å². The minimum atomic E-state index is -1.73. The molecule has 1 nitrogen and oxygen atoms in total. The largest absolute Gasteiger partial charge is 0.411 e. The molecule has 1 saturated carbocycles. The molecule has 0 aromatic heterocycles. The van der Waals surface area contributed by atoms with Crippen LogP contribution in [0.1, 0.15) is 65.7 Å². The maximum atomic E-state index is 6.97. The second kappa shape index (κ2) is 7.28. The summed E-state index contributed by atoms with van der Waals surface area (Å²) in [6.45, 7) is 19.7. The Balaban J connectivity index is 2.90. The molecule has 0 N–H and O–H groups in total. The molecule has 0 bridgehead atoms. The Bertz CT molecular complexity index is 353. The van der Waals surface area contributed by atoms with Crippen LogP contribution in [0.3, 0.4) is 0 Å². The molecule has 21 heavy (non-hydrogen) atoms. The SMILES string of the molecule is C=CCCC[C@]1(O[Si](C)(C)C(C)(C)C)CCCC(C=C)C1. The van der Waals surface area contributed by atoms with Gasteiger partial charge >= 0.3 is 0 Å². The Morgan fingerprint density at radius 2 is 1.95 bits per heavy atom. The third kappa shape index (κ3) is 5.10. The molecule has 1 aliphatic rings. The van der Waals surface area contributed by atoms with Crippen molar-refractivity contribution in [2.45, 2.75) is 89.5 Å². The topological polar surface area (TPSA) is 9.23 Å². The van der Waals surface area contributed by atoms with Crippen molar-refractivity contribution in [1.29, 1.82) is 0 Å². The first-order valence-electron chi connectivity index (χ1n) is 8.59. The van der Waals surface area contributed by atoms with Gasteiger partial charge in [0.05, 0.1) is 5.60 Å². The van der Waals surface area contributed by atoms with E-state index < -0.39 is 8.32 Å². The molecule has 0 aliphatic heterocycles. The van der Waals surface area contributed by atoms with E-state index in [1.807, 2.05) is 6.08 Å². The molecule has 1 unspecified atom stereocenters. The van der Waals surface area contributed by atoms with Crippen LogP contribution in [0.15, 0.2) is 25.3 Å². The van der Waals surface area contributed by atoms with Gasteiger partial charge in [-0.2, -0.15) is 0 Å². The van der Waals surface area contributed by atoms with Gasteiger partial charge in [0.2, 0.25) is 0 Å². The van der Waals surface area contributed by atoms with Crippen molar-refractivity contribution in [2.75, 3.05) is 0 Å². The van der Waals surface area contributed by atoms with Crippen LogP contribution in [0, 0.1) is 5.92 Å². The highest BCUT2D eigenvalue weighted by atomic mass is 28.4. The van der Waals surface area contributed by atoms with Crippen molar-refractivity contribution in [3.63, 3.8) is 0 Å². The average molecular weight is 309 g/mol. The molecular weight excluding hydrogens is 272 g/mol. The Morgan fingerprint density at radius 1 is 1.29 bits per heavy atom. The molecular formula is C19H36OSi. The van der Waals surface area contributed by atoms with E-state index in [1.165, 1.54) is 38.5 Å². The molecule has 1 rings (SSSR count). The van der Waals surface area contributed by atoms with Gasteiger partial charge in [0.25, 0.3) is 0 Å². The number of unbranched alkanes of at least 4 members (excludes halogenated alkanes) is 1. The number of rotatable bonds is 7. The highest BCUT2D eigenvalue weighted by Gasteiger charge is 2.46. The summed E-state index contributed by atoms with van der Waals surface area (Å²) < 4.78 is 6.97. The molecule has 0 heterocycles. The molecule has 0 amide bonds. The minimum Gasteiger partial charge on any atom is -0.411 e. The molecule has 0 aromatic carbocycles. The monoisotopic (exact) mass is 308 g/mol. The van der Waals surface area contributed by atoms with Crippen molar-refractivity contribution in [3.8, 4) is 0 Å². The second-order valence-corrected chi connectivity index (χ2v) is 13.0. The Morgan fingerprint density at radius 3 is 2.48 bits per heavy atom. The van der Waals surface area contributed by atoms with Gasteiger partial charge in [-0.3, -0.25) is 0 Å². The molecule has 0 radical (unpaired) electrons. The van der Waals surface area contributed by atoms with Crippen LogP contribution in [0.4, 0.5) is 0 Å². The fraction of sp³-hybridized carbons (Fsp3) is 0.789. The first-order valence-corrected chi connectivity index (χ1v) is 11.5. The molecule has 2 heteroatoms. The van der Waals surface area contributed by atoms with Gasteiger partial charge in [0.1, 0.15) is 0 Å². The Kier molecular flexibility index (Phi) is 6.48. The number of hydrogen-bond donors (Lipinski definition) is 0. The number of allylic oxidation sites excluding steroid dienone is 2. The van der Waals surface area contributed by atoms with E-state index in [2.05, 4.69) is 53.1 Å². The van der Waals surface area contributed by atoms with Crippen molar-refractivity contribution in [1.82, 2.24) is 0 Å². The van der Waals surface area contributed by atoms with Crippen LogP contribution in [0.5, 0.6) is 0 Å². The lowest BCUT2D eigenvalue weighted by Crippen LogP contribution is -2.51. The van der Waals surface area contributed by atoms with Crippen LogP contribution >= 0.6 is 0 Å². The van der Waals surface area contributed by atoms with E-state index in [1.54, 1.807) is 0 Å². The van der Waals surface area contributed by atoms with Gasteiger partial charge < -0.3 is 4.43 Å². The third-order valence-corrected chi connectivity index (χ3v) is 10.0. The fourth-order valence-electron chi connectivity index (χ4n) is 3.20. The zero-order valence-corrected chi connectivity index (χ0v) is 16.0. The van der Waals surface area contributed by atoms with E-state index in [-0.39, 0.29) is 10.6 Å². The van der Waals surface area contributed by atoms with Gasteiger partial charge in [0, 0.05) is 0 Å². The van der Waals surface area contributed by atoms with Gasteiger partial charge in [-0.1, -0.05) is 39.3 Å². The zero-order valence-electron chi connectivity index (χ0n) is 15.0. The minimum absolute atomic E-state index is 0.0864. The van der Waals surface area contributed by atoms with E-state index in [4.69, 9.17) is 4.43 Å². The Labute approximate surface area is 134 Å². The van der Waals surface area contributed by atoms with Crippen molar-refractivity contribution >= 4 is 8.32 Å². The van der Waals surface area contributed by atoms with Crippen LogP contribution in [0.25, 0.3) is 0 Å². The number of hydrogen-bond acceptors (Lipinski definition) is 1. The fourth-order valence-corrected chi connectivity index (χ4v) is 4.88. The first-order chi connectivity index (χ1) is 9.66. The molecule has 1 fully saturated rings. The van der Waals surface area contributed by atoms with Crippen LogP contribution < -0.4 is 0 Å². The van der Waals surface area contributed by atoms with Crippen LogP contribution in [-0.2, 0) is 4.43 Å². The van der Waals surface area contributed by atoms with Crippen molar-refractivity contribution in [3.05, 3.63) is 25.3 Å². The molecule has 0 spiro atoms. The summed E-state index contributed by atoms with van der Waals surface area (Å²) in [5.74, 6) is 0.632. The van der Waals surface area contributed by atoms with E-state index >= 15 is 0 Å². The molecule has 0 saturated heterocycles. The Hall–Kier alpha value is -0.343. The van der Waals surface area contributed by atoms with Crippen LogP contribution in [0.2, 0.25) is 18.1 Å². The van der Waals surface area contributed by atoms with Gasteiger partial charge in [-0.05, 0) is 62.6 Å². The maximum absolute atomic E-state index is 6.97. The zero-order chi connectivity index (χ0) is 16.1. The van der Waals surface area contributed by atoms with Gasteiger partial charge in [-0.15, -0.1) is 13.2 Å². The lowest BCUT2D eigenvalue weighted by Gasteiger charge is -2.49. The summed E-state index contributed by atoms with van der Waals surface area (Å²) in [5.41, 5.74) is 0.0864. The summed E-state index contributed by atoms with van der Waals surface area (Å²) in [4.78, 5) is 0. The van der Waals surface area contributed by atoms with E-state index in [0.29, 0.717) is 5.92 Å². The van der Waals surface area contributed by atoms with Crippen molar-refractivity contribution < 1.29 is 4.43 Å². The first kappa shape index (κ1) is 18.7. The summed E-state index contributed by atoms with van der Waals surface area (Å²) >= 11 is 0. The molecule has 122 valence electrons. The average Bonchev–Trinajstić information content (AvgIpc) is 2.37. The molecule has 0 aromatic rings. The van der Waals surface area contributed by atoms with Crippen molar-refractivity contribution in [2.24, 2.45) is 5.92 Å². The quantitative estimate of drug-likeness (QED) is 0.297. The highest BCUT2D eigenvalue weighted by Crippen LogP contribution is 2.46. The highest BCUT2D eigenvalue weighted by molar-refractivity contribution is 6.74. The van der Waals surface area contributed by atoms with Gasteiger partial charge in [0.15, 0.2) is 8.32 Å². The summed E-state index contributed by atoms with van der Waals surface area (Å²) in [6, 6.07) is 0. The summed E-state index contributed by atoms with van der Waals surface area (Å²) in [7, 11) is -1.73. The van der Waals surface area contributed by atoms with Crippen LogP contribution in [-0.4, -0.2) is 13.9 Å². The normalized spacial score (nSPS) is 27.4. The summed E-state index contributed by atoms with van der Waals surface area (Å²) in [5, 5.41) is 0.277. The van der Waals surface area contributed by atoms with E-state index in [9.17, 15) is 0 Å².